The molecule has 1 fully saturated rings. The third-order valence-corrected chi connectivity index (χ3v) is 17.3. The highest BCUT2D eigenvalue weighted by atomic mass is 28.4. The molecule has 2 aromatic heterocycles. The van der Waals surface area contributed by atoms with E-state index in [0.29, 0.717) is 43.3 Å². The highest BCUT2D eigenvalue weighted by Crippen LogP contribution is 2.41. The molecule has 1 aliphatic carbocycles. The molecule has 0 saturated heterocycles. The van der Waals surface area contributed by atoms with Gasteiger partial charge in [-0.1, -0.05) is 92.7 Å². The van der Waals surface area contributed by atoms with Crippen LogP contribution in [0.25, 0.3) is 39.1 Å². The minimum absolute atomic E-state index is 0.0141. The quantitative estimate of drug-likeness (QED) is 0.0633. The van der Waals surface area contributed by atoms with Gasteiger partial charge in [-0.2, -0.15) is 0 Å². The second-order valence-corrected chi connectivity index (χ2v) is 24.6. The average molecular weight is 884 g/mol. The lowest BCUT2D eigenvalue weighted by Gasteiger charge is -2.39. The molecule has 0 unspecified atom stereocenters. The van der Waals surface area contributed by atoms with Crippen LogP contribution in [0.4, 0.5) is 10.5 Å². The fourth-order valence-corrected chi connectivity index (χ4v) is 9.88. The van der Waals surface area contributed by atoms with Crippen molar-refractivity contribution in [1.29, 1.82) is 0 Å². The van der Waals surface area contributed by atoms with E-state index in [0.717, 1.165) is 69.9 Å². The van der Waals surface area contributed by atoms with Gasteiger partial charge < -0.3 is 30.3 Å². The van der Waals surface area contributed by atoms with Crippen LogP contribution in [0, 0.1) is 0 Å². The molecule has 2 heterocycles. The minimum Gasteiger partial charge on any atom is -0.506 e. The van der Waals surface area contributed by atoms with Gasteiger partial charge in [-0.05, 0) is 124 Å². The van der Waals surface area contributed by atoms with Crippen LogP contribution in [0.2, 0.25) is 18.1 Å². The Balaban J connectivity index is 1.02. The highest BCUT2D eigenvalue weighted by molar-refractivity contribution is 6.74. The molecule has 1 aliphatic rings. The van der Waals surface area contributed by atoms with E-state index >= 15 is 0 Å². The van der Waals surface area contributed by atoms with Gasteiger partial charge in [0, 0.05) is 54.3 Å². The Hall–Kier alpha value is -5.60. The van der Waals surface area contributed by atoms with E-state index < -0.39 is 14.4 Å². The van der Waals surface area contributed by atoms with E-state index in [9.17, 15) is 19.8 Å². The molecule has 0 spiro atoms. The number of phenols is 1. The van der Waals surface area contributed by atoms with Gasteiger partial charge in [0.05, 0.1) is 22.8 Å². The number of hydrogen-bond donors (Lipinski definition) is 5. The van der Waals surface area contributed by atoms with Crippen molar-refractivity contribution in [1.82, 2.24) is 30.6 Å². The van der Waals surface area contributed by atoms with E-state index in [1.807, 2.05) is 53.2 Å². The Bertz CT molecular complexity index is 2650. The van der Waals surface area contributed by atoms with Crippen molar-refractivity contribution in [3.05, 3.63) is 124 Å². The van der Waals surface area contributed by atoms with Gasteiger partial charge in [0.2, 0.25) is 5.56 Å². The summed E-state index contributed by atoms with van der Waals surface area (Å²) in [5.41, 5.74) is 7.41. The molecule has 6 aromatic rings. The van der Waals surface area contributed by atoms with E-state index in [1.54, 1.807) is 17.0 Å². The van der Waals surface area contributed by atoms with E-state index in [-0.39, 0.29) is 34.0 Å². The number of pyridine rings is 1. The lowest BCUT2D eigenvalue weighted by atomic mass is 9.88. The number of benzene rings is 4. The number of nitrogens with zero attached hydrogens (tertiary/aromatic N) is 4. The number of aromatic hydroxyl groups is 1. The van der Waals surface area contributed by atoms with Crippen molar-refractivity contribution in [2.45, 2.75) is 129 Å². The Morgan fingerprint density at radius 3 is 2.42 bits per heavy atom. The smallest absolute Gasteiger partial charge is 0.412 e. The standard InChI is InChI=1S/C51H65N7O5Si/c1-50(2,3)54-37-19-21-38(22-20-37)58(49(61)62)44-31-34(17-23-39(44)36-15-10-9-11-16-36)14-12-13-29-57-43-26-18-35(30-42(43)55-56-57)32-52-33-46(63-64(7,8)51(4,5)6)40-24-27-45(59)48-41(40)25-28-47(60)53-48/h9-12,14-18,23-28,30-31,37-38,46,52,54,59H,13,19-22,29,32-33H2,1-8H3,(H,53,60)(H,61,62)/t37?,38?,46-/m0/s1. The van der Waals surface area contributed by atoms with Crippen LogP contribution in [0.1, 0.15) is 96.4 Å². The zero-order chi connectivity index (χ0) is 45.8. The second-order valence-electron chi connectivity index (χ2n) is 19.8. The number of anilines is 1. The first-order valence-corrected chi connectivity index (χ1v) is 25.5. The largest absolute Gasteiger partial charge is 0.506 e. The third kappa shape index (κ3) is 11.0. The lowest BCUT2D eigenvalue weighted by molar-refractivity contribution is 0.181. The molecule has 338 valence electrons. The summed E-state index contributed by atoms with van der Waals surface area (Å²) in [4.78, 5) is 29.6. The summed E-state index contributed by atoms with van der Waals surface area (Å²) in [6.45, 7) is 19.4. The number of nitrogens with one attached hydrogen (secondary N) is 3. The molecule has 4 aromatic carbocycles. The molecule has 0 aliphatic heterocycles. The van der Waals surface area contributed by atoms with Gasteiger partial charge in [0.15, 0.2) is 8.32 Å². The maximum atomic E-state index is 13.0. The van der Waals surface area contributed by atoms with Crippen LogP contribution < -0.4 is 21.1 Å². The average Bonchev–Trinajstić information content (AvgIpc) is 3.64. The first-order chi connectivity index (χ1) is 30.4. The number of fused-ring (bicyclic) bond motifs is 2. The van der Waals surface area contributed by atoms with E-state index in [4.69, 9.17) is 4.43 Å². The molecule has 5 N–H and O–H groups in total. The highest BCUT2D eigenvalue weighted by Gasteiger charge is 2.40. The first-order valence-electron chi connectivity index (χ1n) is 22.6. The minimum atomic E-state index is -2.23. The molecule has 7 rings (SSSR count). The van der Waals surface area contributed by atoms with Crippen LogP contribution in [0.15, 0.2) is 102 Å². The van der Waals surface area contributed by atoms with Crippen molar-refractivity contribution >= 4 is 48.1 Å². The molecule has 64 heavy (non-hydrogen) atoms. The van der Waals surface area contributed by atoms with Crippen LogP contribution in [-0.4, -0.2) is 68.8 Å². The van der Waals surface area contributed by atoms with Crippen molar-refractivity contribution < 1.29 is 19.4 Å². The maximum absolute atomic E-state index is 13.0. The van der Waals surface area contributed by atoms with Crippen molar-refractivity contribution in [2.24, 2.45) is 0 Å². The number of H-pyrrole nitrogens is 1. The number of amides is 1. The van der Waals surface area contributed by atoms with E-state index in [2.05, 4.69) is 117 Å². The molecule has 0 bridgehead atoms. The zero-order valence-corrected chi connectivity index (χ0v) is 39.6. The molecule has 1 saturated carbocycles. The van der Waals surface area contributed by atoms with Crippen LogP contribution in [0.5, 0.6) is 5.75 Å². The molecule has 1 atom stereocenters. The van der Waals surface area contributed by atoms with Crippen LogP contribution in [0.3, 0.4) is 0 Å². The van der Waals surface area contributed by atoms with Gasteiger partial charge >= 0.3 is 6.09 Å². The Labute approximate surface area is 377 Å². The van der Waals surface area contributed by atoms with Gasteiger partial charge in [-0.3, -0.25) is 9.69 Å². The molecular weight excluding hydrogens is 819 g/mol. The van der Waals surface area contributed by atoms with Crippen molar-refractivity contribution in [3.63, 3.8) is 0 Å². The number of phenolic OH excluding ortho intramolecular Hbond substituents is 1. The second kappa shape index (κ2) is 19.2. The molecule has 13 heteroatoms. The molecule has 12 nitrogen and oxygen atoms in total. The summed E-state index contributed by atoms with van der Waals surface area (Å²) < 4.78 is 8.90. The Morgan fingerprint density at radius 1 is 0.969 bits per heavy atom. The fraction of sp³-hybridized carbons (Fsp3) is 0.412. The number of allylic oxidation sites excluding steroid dienone is 1. The summed E-state index contributed by atoms with van der Waals surface area (Å²) in [7, 11) is -2.23. The number of carboxylic acid groups (broad SMARTS) is 1. The van der Waals surface area contributed by atoms with Crippen molar-refractivity contribution in [3.8, 4) is 16.9 Å². The molecular formula is C51H65N7O5Si. The number of aromatic nitrogens is 4. The first kappa shape index (κ1) is 46.4. The SMILES string of the molecule is CC(C)(C)NC1CCC(N(C(=O)O)c2cc(C=CCCn3nnc4cc(CNC[C@H](O[Si](C)(C)C(C)(C)C)c5ccc(O)c6[nH]c(=O)ccc56)ccc43)ccc2-c2ccccc2)CC1. The predicted octanol–water partition coefficient (Wildman–Crippen LogP) is 10.8. The predicted molar refractivity (Wildman–Crippen MR) is 261 cm³/mol. The fourth-order valence-electron chi connectivity index (χ4n) is 8.60. The van der Waals surface area contributed by atoms with Gasteiger partial charge in [0.1, 0.15) is 11.3 Å². The zero-order valence-electron chi connectivity index (χ0n) is 38.6. The number of aromatic amines is 1. The normalized spacial score (nSPS) is 16.8. The number of rotatable bonds is 15. The summed E-state index contributed by atoms with van der Waals surface area (Å²) in [5.74, 6) is 0.0255. The summed E-state index contributed by atoms with van der Waals surface area (Å²) >= 11 is 0. The summed E-state index contributed by atoms with van der Waals surface area (Å²) in [6, 6.07) is 29.4. The Kier molecular flexibility index (Phi) is 13.9. The number of aryl methyl sites for hydroxylation is 1. The van der Waals surface area contributed by atoms with Crippen molar-refractivity contribution in [2.75, 3.05) is 11.4 Å². The maximum Gasteiger partial charge on any atom is 0.412 e. The van der Waals surface area contributed by atoms with Crippen LogP contribution in [-0.2, 0) is 17.5 Å². The van der Waals surface area contributed by atoms with Gasteiger partial charge in [-0.15, -0.1) is 5.10 Å². The molecule has 0 radical (unpaired) electrons. The Morgan fingerprint density at radius 2 is 1.72 bits per heavy atom. The third-order valence-electron chi connectivity index (χ3n) is 12.8. The molecule has 1 amide bonds. The lowest BCUT2D eigenvalue weighted by Crippen LogP contribution is -2.49. The number of hydrogen-bond acceptors (Lipinski definition) is 8. The van der Waals surface area contributed by atoms with Gasteiger partial charge in [-0.25, -0.2) is 9.48 Å². The monoisotopic (exact) mass is 883 g/mol. The van der Waals surface area contributed by atoms with Gasteiger partial charge in [0.25, 0.3) is 0 Å². The summed E-state index contributed by atoms with van der Waals surface area (Å²) in [5, 5.41) is 38.3. The number of carbonyl (C=O) groups is 1. The summed E-state index contributed by atoms with van der Waals surface area (Å²) in [6.07, 6.45) is 7.10. The van der Waals surface area contributed by atoms with Crippen LogP contribution >= 0.6 is 0 Å². The topological polar surface area (TPSA) is 158 Å². The van der Waals surface area contributed by atoms with E-state index in [1.165, 1.54) is 6.07 Å².